The fraction of sp³-hybridized carbons (Fsp3) is 0.375. The molecule has 0 heterocycles. The molecule has 32 heavy (non-hydrogen) atoms. The summed E-state index contributed by atoms with van der Waals surface area (Å²) in [5.41, 5.74) is 9.50. The van der Waals surface area contributed by atoms with Gasteiger partial charge in [-0.05, 0) is 90.6 Å². The van der Waals surface area contributed by atoms with Gasteiger partial charge in [-0.15, -0.1) is 0 Å². The molecule has 0 amide bonds. The van der Waals surface area contributed by atoms with Crippen molar-refractivity contribution in [3.05, 3.63) is 119 Å². The Morgan fingerprint density at radius 3 is 2.44 bits per heavy atom. The zero-order chi connectivity index (χ0) is 21.7. The summed E-state index contributed by atoms with van der Waals surface area (Å²) < 4.78 is 0. The minimum absolute atomic E-state index is 0.342. The molecular weight excluding hydrogens is 384 g/mol. The van der Waals surface area contributed by atoms with Crippen LogP contribution in [-0.2, 0) is 0 Å². The molecule has 162 valence electrons. The van der Waals surface area contributed by atoms with Gasteiger partial charge in [-0.3, -0.25) is 0 Å². The highest BCUT2D eigenvalue weighted by molar-refractivity contribution is 5.57. The minimum atomic E-state index is 0.342. The molecule has 6 rings (SSSR count). The van der Waals surface area contributed by atoms with Gasteiger partial charge in [-0.1, -0.05) is 91.1 Å². The molecule has 0 aliphatic heterocycles. The predicted molar refractivity (Wildman–Crippen MR) is 136 cm³/mol. The Balaban J connectivity index is 1.08. The van der Waals surface area contributed by atoms with Gasteiger partial charge in [0.05, 0.1) is 0 Å². The predicted octanol–water partition coefficient (Wildman–Crippen LogP) is 8.29. The molecule has 6 aliphatic carbocycles. The second-order valence-electron chi connectivity index (χ2n) is 10.7. The lowest BCUT2D eigenvalue weighted by atomic mass is 9.80. The minimum Gasteiger partial charge on any atom is -0.0952 e. The molecule has 0 radical (unpaired) electrons. The van der Waals surface area contributed by atoms with Gasteiger partial charge in [-0.25, -0.2) is 0 Å². The van der Waals surface area contributed by atoms with Crippen molar-refractivity contribution in [2.24, 2.45) is 29.6 Å². The van der Waals surface area contributed by atoms with Crippen molar-refractivity contribution in [2.45, 2.75) is 44.9 Å². The van der Waals surface area contributed by atoms with Crippen molar-refractivity contribution in [3.8, 4) is 0 Å². The highest BCUT2D eigenvalue weighted by atomic mass is 14.5. The van der Waals surface area contributed by atoms with Gasteiger partial charge in [0, 0.05) is 11.8 Å². The van der Waals surface area contributed by atoms with Crippen molar-refractivity contribution in [3.63, 3.8) is 0 Å². The number of rotatable bonds is 6. The highest BCUT2D eigenvalue weighted by Gasteiger charge is 2.41. The van der Waals surface area contributed by atoms with E-state index in [9.17, 15) is 0 Å². The summed E-state index contributed by atoms with van der Waals surface area (Å²) in [6, 6.07) is 0. The Kier molecular flexibility index (Phi) is 5.05. The quantitative estimate of drug-likeness (QED) is 0.407. The molecule has 0 spiro atoms. The van der Waals surface area contributed by atoms with Crippen LogP contribution in [0.2, 0.25) is 0 Å². The van der Waals surface area contributed by atoms with Crippen LogP contribution in [0.15, 0.2) is 119 Å². The van der Waals surface area contributed by atoms with Crippen molar-refractivity contribution in [1.82, 2.24) is 0 Å². The Bertz CT molecular complexity index is 1080. The Morgan fingerprint density at radius 2 is 1.62 bits per heavy atom. The molecule has 2 bridgehead atoms. The number of allylic oxidation sites excluding steroid dienone is 18. The fourth-order valence-electron chi connectivity index (χ4n) is 6.95. The van der Waals surface area contributed by atoms with E-state index < -0.39 is 0 Å². The molecule has 0 N–H and O–H groups in total. The number of fused-ring (bicyclic) bond motifs is 4. The van der Waals surface area contributed by atoms with Crippen LogP contribution in [-0.4, -0.2) is 0 Å². The van der Waals surface area contributed by atoms with E-state index in [1.807, 2.05) is 0 Å². The Morgan fingerprint density at radius 1 is 0.844 bits per heavy atom. The molecule has 0 aromatic heterocycles. The molecule has 0 nitrogen and oxygen atoms in total. The van der Waals surface area contributed by atoms with Crippen molar-refractivity contribution in [1.29, 1.82) is 0 Å². The molecule has 2 unspecified atom stereocenters. The van der Waals surface area contributed by atoms with Crippen LogP contribution in [0.4, 0.5) is 0 Å². The SMILES string of the molecule is C=C(CCC1=CC2C=C(CC3C4CCC3CC4)C=CC2=C1)C1=CC(=C)C2C=CC=CC2=C1. The highest BCUT2D eigenvalue weighted by Crippen LogP contribution is 2.52. The zero-order valence-corrected chi connectivity index (χ0v) is 19.1. The fourth-order valence-corrected chi connectivity index (χ4v) is 6.95. The molecule has 2 atom stereocenters. The van der Waals surface area contributed by atoms with Gasteiger partial charge in [0.2, 0.25) is 0 Å². The molecule has 2 fully saturated rings. The normalized spacial score (nSPS) is 33.9. The first-order valence-electron chi connectivity index (χ1n) is 12.6. The molecule has 0 aromatic carbocycles. The lowest BCUT2D eigenvalue weighted by Crippen LogP contribution is -2.09. The van der Waals surface area contributed by atoms with E-state index in [0.29, 0.717) is 11.8 Å². The number of hydrogen-bond acceptors (Lipinski definition) is 0. The number of hydrogen-bond donors (Lipinski definition) is 0. The third kappa shape index (κ3) is 3.64. The van der Waals surface area contributed by atoms with Gasteiger partial charge in [0.25, 0.3) is 0 Å². The summed E-state index contributed by atoms with van der Waals surface area (Å²) in [6.45, 7) is 8.72. The van der Waals surface area contributed by atoms with Crippen molar-refractivity contribution < 1.29 is 0 Å². The van der Waals surface area contributed by atoms with E-state index in [2.05, 4.69) is 80.0 Å². The second kappa shape index (κ2) is 8.07. The summed E-state index contributed by atoms with van der Waals surface area (Å²) in [7, 11) is 0. The standard InChI is InChI=1S/C32H34/c1-21(29-15-22(2)31-6-4-3-5-28(31)20-29)7-8-23-16-27-10-9-24(18-30(27)17-23)19-32-25-11-12-26(32)14-13-25/h3-6,9-10,15-18,20,25-26,30-32H,1-2,7-8,11-14,19H2. The largest absolute Gasteiger partial charge is 0.0952 e. The second-order valence-corrected chi connectivity index (χ2v) is 10.7. The average Bonchev–Trinajstić information content (AvgIpc) is 3.51. The van der Waals surface area contributed by atoms with Gasteiger partial charge in [0.15, 0.2) is 0 Å². The molecule has 0 saturated heterocycles. The summed E-state index contributed by atoms with van der Waals surface area (Å²) in [5, 5.41) is 0. The maximum atomic E-state index is 4.42. The topological polar surface area (TPSA) is 0 Å². The summed E-state index contributed by atoms with van der Waals surface area (Å²) >= 11 is 0. The molecule has 0 aromatic rings. The van der Waals surface area contributed by atoms with E-state index in [1.165, 1.54) is 65.5 Å². The lowest BCUT2D eigenvalue weighted by Gasteiger charge is -2.24. The summed E-state index contributed by atoms with van der Waals surface area (Å²) in [4.78, 5) is 0. The van der Waals surface area contributed by atoms with Gasteiger partial charge >= 0.3 is 0 Å². The Hall–Kier alpha value is -2.60. The van der Waals surface area contributed by atoms with Crippen LogP contribution in [0.1, 0.15) is 44.9 Å². The van der Waals surface area contributed by atoms with Crippen LogP contribution in [0.25, 0.3) is 0 Å². The smallest absolute Gasteiger partial charge is 0.0267 e. The van der Waals surface area contributed by atoms with E-state index in [-0.39, 0.29) is 0 Å². The van der Waals surface area contributed by atoms with Crippen LogP contribution in [0, 0.1) is 29.6 Å². The van der Waals surface area contributed by atoms with Crippen LogP contribution < -0.4 is 0 Å². The first kappa shape index (κ1) is 20.0. The van der Waals surface area contributed by atoms with E-state index in [1.54, 1.807) is 5.57 Å². The Labute approximate surface area is 193 Å². The maximum absolute atomic E-state index is 4.42. The monoisotopic (exact) mass is 418 g/mol. The van der Waals surface area contributed by atoms with Crippen LogP contribution >= 0.6 is 0 Å². The molecular formula is C32H34. The maximum Gasteiger partial charge on any atom is 0.0267 e. The third-order valence-corrected chi connectivity index (χ3v) is 8.76. The first-order chi connectivity index (χ1) is 15.6. The van der Waals surface area contributed by atoms with Gasteiger partial charge < -0.3 is 0 Å². The molecule has 0 heteroatoms. The van der Waals surface area contributed by atoms with E-state index >= 15 is 0 Å². The van der Waals surface area contributed by atoms with Crippen LogP contribution in [0.3, 0.4) is 0 Å². The third-order valence-electron chi connectivity index (χ3n) is 8.76. The van der Waals surface area contributed by atoms with Gasteiger partial charge in [-0.2, -0.15) is 0 Å². The zero-order valence-electron chi connectivity index (χ0n) is 19.1. The first-order valence-corrected chi connectivity index (χ1v) is 12.6. The van der Waals surface area contributed by atoms with E-state index in [0.717, 1.165) is 30.6 Å². The average molecular weight is 419 g/mol. The van der Waals surface area contributed by atoms with Crippen molar-refractivity contribution in [2.75, 3.05) is 0 Å². The van der Waals surface area contributed by atoms with E-state index in [4.69, 9.17) is 0 Å². The van der Waals surface area contributed by atoms with Gasteiger partial charge in [0.1, 0.15) is 0 Å². The molecule has 6 aliphatic rings. The summed E-state index contributed by atoms with van der Waals surface area (Å²) in [6.07, 6.45) is 34.8. The van der Waals surface area contributed by atoms with Crippen LogP contribution in [0.5, 0.6) is 0 Å². The summed E-state index contributed by atoms with van der Waals surface area (Å²) in [5.74, 6) is 3.83. The molecule has 2 saturated carbocycles. The van der Waals surface area contributed by atoms with Crippen molar-refractivity contribution >= 4 is 0 Å². The lowest BCUT2D eigenvalue weighted by molar-refractivity contribution is 0.404.